The van der Waals surface area contributed by atoms with Gasteiger partial charge in [-0.2, -0.15) is 5.26 Å². The molecular formula is C9H18N2O3S. The first-order chi connectivity index (χ1) is 7.08. The van der Waals surface area contributed by atoms with Crippen molar-refractivity contribution in [1.82, 2.24) is 4.72 Å². The van der Waals surface area contributed by atoms with Gasteiger partial charge in [-0.3, -0.25) is 0 Å². The Labute approximate surface area is 91.5 Å². The normalized spacial score (nSPS) is 13.4. The van der Waals surface area contributed by atoms with Gasteiger partial charge in [0.25, 0.3) is 0 Å². The predicted molar refractivity (Wildman–Crippen MR) is 57.7 cm³/mol. The van der Waals surface area contributed by atoms with E-state index in [1.165, 1.54) is 0 Å². The van der Waals surface area contributed by atoms with Gasteiger partial charge < -0.3 is 4.74 Å². The van der Waals surface area contributed by atoms with E-state index in [1.807, 2.05) is 0 Å². The summed E-state index contributed by atoms with van der Waals surface area (Å²) in [5.74, 6) is 0. The molecule has 15 heavy (non-hydrogen) atoms. The summed E-state index contributed by atoms with van der Waals surface area (Å²) in [5, 5.41) is 7.67. The number of rotatable bonds is 8. The smallest absolute Gasteiger partial charge is 0.227 e. The molecule has 0 radical (unpaired) electrons. The molecule has 0 saturated heterocycles. The van der Waals surface area contributed by atoms with Gasteiger partial charge in [-0.15, -0.1) is 0 Å². The number of nitrogens with zero attached hydrogens (tertiary/aromatic N) is 1. The molecule has 6 heteroatoms. The first kappa shape index (κ1) is 14.4. The SMILES string of the molecule is CCC(C#N)S(=O)(=O)NCCCCOC. The van der Waals surface area contributed by atoms with Gasteiger partial charge in [-0.25, -0.2) is 13.1 Å². The molecule has 0 saturated carbocycles. The fourth-order valence-electron chi connectivity index (χ4n) is 1.07. The minimum atomic E-state index is -3.46. The van der Waals surface area contributed by atoms with Crippen LogP contribution in [-0.4, -0.2) is 33.9 Å². The van der Waals surface area contributed by atoms with Gasteiger partial charge in [0.1, 0.15) is 0 Å². The fraction of sp³-hybridized carbons (Fsp3) is 0.889. The van der Waals surface area contributed by atoms with Gasteiger partial charge in [0, 0.05) is 20.3 Å². The van der Waals surface area contributed by atoms with E-state index >= 15 is 0 Å². The van der Waals surface area contributed by atoms with E-state index in [1.54, 1.807) is 20.1 Å². The Balaban J connectivity index is 3.90. The van der Waals surface area contributed by atoms with Crippen molar-refractivity contribution in [3.8, 4) is 6.07 Å². The highest BCUT2D eigenvalue weighted by atomic mass is 32.2. The maximum Gasteiger partial charge on any atom is 0.227 e. The van der Waals surface area contributed by atoms with Gasteiger partial charge in [0.2, 0.25) is 10.0 Å². The van der Waals surface area contributed by atoms with E-state index in [4.69, 9.17) is 10.00 Å². The molecule has 0 aromatic carbocycles. The number of hydrogen-bond acceptors (Lipinski definition) is 4. The molecule has 0 heterocycles. The van der Waals surface area contributed by atoms with Gasteiger partial charge in [0.15, 0.2) is 5.25 Å². The summed E-state index contributed by atoms with van der Waals surface area (Å²) in [6.07, 6.45) is 1.83. The topological polar surface area (TPSA) is 79.2 Å². The first-order valence-electron chi connectivity index (χ1n) is 4.95. The summed E-state index contributed by atoms with van der Waals surface area (Å²) in [4.78, 5) is 0. The standard InChI is InChI=1S/C9H18N2O3S/c1-3-9(8-10)15(12,13)11-6-4-5-7-14-2/h9,11H,3-7H2,1-2H3. The van der Waals surface area contributed by atoms with Crippen LogP contribution in [0.4, 0.5) is 0 Å². The van der Waals surface area contributed by atoms with E-state index in [9.17, 15) is 8.42 Å². The average molecular weight is 234 g/mol. The third-order valence-corrected chi connectivity index (χ3v) is 3.76. The lowest BCUT2D eigenvalue weighted by Crippen LogP contribution is -2.33. The molecule has 0 rings (SSSR count). The molecule has 0 fully saturated rings. The van der Waals surface area contributed by atoms with Gasteiger partial charge in [-0.05, 0) is 19.3 Å². The van der Waals surface area contributed by atoms with Crippen LogP contribution in [0, 0.1) is 11.3 Å². The van der Waals surface area contributed by atoms with Crippen LogP contribution >= 0.6 is 0 Å². The van der Waals surface area contributed by atoms with Crippen LogP contribution in [0.2, 0.25) is 0 Å². The Morgan fingerprint density at radius 1 is 1.47 bits per heavy atom. The zero-order valence-corrected chi connectivity index (χ0v) is 10.0. The van der Waals surface area contributed by atoms with Crippen LogP contribution in [0.15, 0.2) is 0 Å². The van der Waals surface area contributed by atoms with E-state index in [0.29, 0.717) is 19.6 Å². The molecule has 0 bridgehead atoms. The summed E-state index contributed by atoms with van der Waals surface area (Å²) >= 11 is 0. The molecule has 88 valence electrons. The van der Waals surface area contributed by atoms with Crippen LogP contribution in [0.5, 0.6) is 0 Å². The largest absolute Gasteiger partial charge is 0.385 e. The highest BCUT2D eigenvalue weighted by Gasteiger charge is 2.22. The van der Waals surface area contributed by atoms with Crippen molar-refractivity contribution < 1.29 is 13.2 Å². The molecule has 0 aliphatic heterocycles. The van der Waals surface area contributed by atoms with Crippen LogP contribution in [0.25, 0.3) is 0 Å². The molecule has 0 aromatic heterocycles. The molecule has 0 aliphatic carbocycles. The van der Waals surface area contributed by atoms with Crippen molar-refractivity contribution >= 4 is 10.0 Å². The van der Waals surface area contributed by atoms with Crippen LogP contribution in [-0.2, 0) is 14.8 Å². The highest BCUT2D eigenvalue weighted by Crippen LogP contribution is 2.02. The van der Waals surface area contributed by atoms with Crippen LogP contribution in [0.1, 0.15) is 26.2 Å². The number of ether oxygens (including phenoxy) is 1. The minimum Gasteiger partial charge on any atom is -0.385 e. The van der Waals surface area contributed by atoms with Crippen LogP contribution < -0.4 is 4.72 Å². The lowest BCUT2D eigenvalue weighted by atomic mass is 10.3. The lowest BCUT2D eigenvalue weighted by molar-refractivity contribution is 0.193. The Bertz CT molecular complexity index is 295. The number of hydrogen-bond donors (Lipinski definition) is 1. The number of methoxy groups -OCH3 is 1. The summed E-state index contributed by atoms with van der Waals surface area (Å²) in [6, 6.07) is 1.77. The predicted octanol–water partition coefficient (Wildman–Crippen LogP) is 0.635. The second-order valence-corrected chi connectivity index (χ2v) is 5.11. The van der Waals surface area contributed by atoms with Crippen molar-refractivity contribution in [3.05, 3.63) is 0 Å². The molecule has 0 amide bonds. The molecule has 0 aromatic rings. The monoisotopic (exact) mass is 234 g/mol. The zero-order valence-electron chi connectivity index (χ0n) is 9.19. The van der Waals surface area contributed by atoms with Crippen molar-refractivity contribution in [1.29, 1.82) is 5.26 Å². The third kappa shape index (κ3) is 5.72. The average Bonchev–Trinajstić information content (AvgIpc) is 2.18. The summed E-state index contributed by atoms with van der Waals surface area (Å²) in [5.41, 5.74) is 0. The highest BCUT2D eigenvalue weighted by molar-refractivity contribution is 7.90. The first-order valence-corrected chi connectivity index (χ1v) is 6.50. The van der Waals surface area contributed by atoms with Crippen molar-refractivity contribution in [3.63, 3.8) is 0 Å². The Kier molecular flexibility index (Phi) is 7.30. The van der Waals surface area contributed by atoms with E-state index in [-0.39, 0.29) is 0 Å². The van der Waals surface area contributed by atoms with E-state index in [0.717, 1.165) is 12.8 Å². The van der Waals surface area contributed by atoms with E-state index in [2.05, 4.69) is 4.72 Å². The van der Waals surface area contributed by atoms with Gasteiger partial charge >= 0.3 is 0 Å². The lowest BCUT2D eigenvalue weighted by Gasteiger charge is -2.09. The third-order valence-electron chi connectivity index (χ3n) is 1.97. The van der Waals surface area contributed by atoms with Crippen molar-refractivity contribution in [2.24, 2.45) is 0 Å². The second kappa shape index (κ2) is 7.63. The summed E-state index contributed by atoms with van der Waals surface area (Å²) in [6.45, 7) is 2.67. The van der Waals surface area contributed by atoms with Gasteiger partial charge in [0.05, 0.1) is 6.07 Å². The zero-order chi connectivity index (χ0) is 11.7. The number of nitrogens with one attached hydrogen (secondary N) is 1. The minimum absolute atomic E-state index is 0.309. The molecule has 0 spiro atoms. The van der Waals surface area contributed by atoms with Crippen molar-refractivity contribution in [2.45, 2.75) is 31.4 Å². The molecule has 1 atom stereocenters. The second-order valence-electron chi connectivity index (χ2n) is 3.17. The Morgan fingerprint density at radius 2 is 2.13 bits per heavy atom. The fourth-order valence-corrected chi connectivity index (χ4v) is 2.27. The molecule has 5 nitrogen and oxygen atoms in total. The number of nitriles is 1. The maximum atomic E-state index is 11.5. The molecule has 0 aliphatic rings. The quantitative estimate of drug-likeness (QED) is 0.625. The van der Waals surface area contributed by atoms with Gasteiger partial charge in [-0.1, -0.05) is 6.92 Å². The van der Waals surface area contributed by atoms with Crippen LogP contribution in [0.3, 0.4) is 0 Å². The molecular weight excluding hydrogens is 216 g/mol. The maximum absolute atomic E-state index is 11.5. The summed E-state index contributed by atoms with van der Waals surface area (Å²) in [7, 11) is -1.86. The number of unbranched alkanes of at least 4 members (excludes halogenated alkanes) is 1. The van der Waals surface area contributed by atoms with Crippen molar-refractivity contribution in [2.75, 3.05) is 20.3 Å². The molecule has 1 N–H and O–H groups in total. The number of sulfonamides is 1. The molecule has 1 unspecified atom stereocenters. The van der Waals surface area contributed by atoms with E-state index < -0.39 is 15.3 Å². The summed E-state index contributed by atoms with van der Waals surface area (Å²) < 4.78 is 30.2. The Morgan fingerprint density at radius 3 is 2.60 bits per heavy atom. The Hall–Kier alpha value is -0.640.